The number of rotatable bonds is 6. The highest BCUT2D eigenvalue weighted by molar-refractivity contribution is 7.89. The van der Waals surface area contributed by atoms with Gasteiger partial charge in [0.1, 0.15) is 0 Å². The van der Waals surface area contributed by atoms with Gasteiger partial charge < -0.3 is 14.8 Å². The molecule has 0 spiro atoms. The summed E-state index contributed by atoms with van der Waals surface area (Å²) in [5.74, 6) is 0.847. The molecule has 0 bridgehead atoms. The molecule has 152 valence electrons. The van der Waals surface area contributed by atoms with Crippen molar-refractivity contribution in [1.82, 2.24) is 9.62 Å². The Morgan fingerprint density at radius 1 is 1.10 bits per heavy atom. The fourth-order valence-electron chi connectivity index (χ4n) is 3.39. The second kappa shape index (κ2) is 8.26. The van der Waals surface area contributed by atoms with Gasteiger partial charge in [0.15, 0.2) is 11.5 Å². The molecule has 8 heteroatoms. The molecule has 2 aromatic carbocycles. The quantitative estimate of drug-likeness (QED) is 0.730. The molecule has 2 heterocycles. The van der Waals surface area contributed by atoms with Gasteiger partial charge in [-0.1, -0.05) is 30.3 Å². The zero-order chi connectivity index (χ0) is 20.3. The number of hydrogen-bond donors (Lipinski definition) is 1. The van der Waals surface area contributed by atoms with E-state index in [0.29, 0.717) is 31.0 Å². The Bertz CT molecular complexity index is 1050. The second-order valence-electron chi connectivity index (χ2n) is 6.91. The van der Waals surface area contributed by atoms with E-state index in [1.165, 1.54) is 15.9 Å². The number of fused-ring (bicyclic) bond motifs is 2. The van der Waals surface area contributed by atoms with Gasteiger partial charge >= 0.3 is 0 Å². The lowest BCUT2D eigenvalue weighted by Crippen LogP contribution is -2.40. The first kappa shape index (κ1) is 19.5. The topological polar surface area (TPSA) is 84.9 Å². The Balaban J connectivity index is 1.27. The highest BCUT2D eigenvalue weighted by Gasteiger charge is 2.26. The van der Waals surface area contributed by atoms with Gasteiger partial charge in [0.2, 0.25) is 22.7 Å². The molecule has 2 aliphatic rings. The summed E-state index contributed by atoms with van der Waals surface area (Å²) in [6.45, 7) is 1.11. The molecular formula is C21H22N2O5S. The Morgan fingerprint density at radius 2 is 1.90 bits per heavy atom. The normalized spacial score (nSPS) is 16.0. The van der Waals surface area contributed by atoms with E-state index in [9.17, 15) is 13.2 Å². The first-order chi connectivity index (χ1) is 14.0. The molecule has 0 aliphatic carbocycles. The van der Waals surface area contributed by atoms with Crippen LogP contribution in [0.5, 0.6) is 11.5 Å². The van der Waals surface area contributed by atoms with Crippen LogP contribution < -0.4 is 14.8 Å². The van der Waals surface area contributed by atoms with Gasteiger partial charge in [0.25, 0.3) is 0 Å². The average molecular weight is 414 g/mol. The zero-order valence-electron chi connectivity index (χ0n) is 15.8. The summed E-state index contributed by atoms with van der Waals surface area (Å²) in [6, 6.07) is 13.3. The Labute approximate surface area is 170 Å². The molecule has 0 fully saturated rings. The van der Waals surface area contributed by atoms with Crippen molar-refractivity contribution < 1.29 is 22.7 Å². The summed E-state index contributed by atoms with van der Waals surface area (Å²) >= 11 is 0. The minimum atomic E-state index is -3.43. The van der Waals surface area contributed by atoms with E-state index < -0.39 is 10.0 Å². The maximum absolute atomic E-state index is 12.6. The summed E-state index contributed by atoms with van der Waals surface area (Å²) in [4.78, 5) is 12.0. The number of sulfonamides is 1. The highest BCUT2D eigenvalue weighted by Crippen LogP contribution is 2.32. The predicted molar refractivity (Wildman–Crippen MR) is 109 cm³/mol. The van der Waals surface area contributed by atoms with Crippen LogP contribution in [0.25, 0.3) is 6.08 Å². The summed E-state index contributed by atoms with van der Waals surface area (Å²) in [7, 11) is -3.43. The maximum atomic E-state index is 12.6. The molecule has 1 N–H and O–H groups in total. The molecule has 2 aliphatic heterocycles. The lowest BCUT2D eigenvalue weighted by Gasteiger charge is -2.28. The molecule has 0 unspecified atom stereocenters. The van der Waals surface area contributed by atoms with E-state index in [0.717, 1.165) is 11.1 Å². The van der Waals surface area contributed by atoms with Crippen LogP contribution in [0.15, 0.2) is 48.5 Å². The van der Waals surface area contributed by atoms with Gasteiger partial charge in [-0.15, -0.1) is 0 Å². The third-order valence-corrected chi connectivity index (χ3v) is 6.79. The zero-order valence-corrected chi connectivity index (χ0v) is 16.7. The Kier molecular flexibility index (Phi) is 5.55. The summed E-state index contributed by atoms with van der Waals surface area (Å²) in [6.07, 6.45) is 3.73. The number of benzene rings is 2. The number of amides is 1. The van der Waals surface area contributed by atoms with E-state index in [1.807, 2.05) is 30.3 Å². The van der Waals surface area contributed by atoms with Crippen molar-refractivity contribution in [2.75, 3.05) is 25.6 Å². The van der Waals surface area contributed by atoms with E-state index in [1.54, 1.807) is 18.2 Å². The van der Waals surface area contributed by atoms with Crippen LogP contribution in [0.2, 0.25) is 0 Å². The Morgan fingerprint density at radius 3 is 2.76 bits per heavy atom. The van der Waals surface area contributed by atoms with Crippen molar-refractivity contribution in [3.63, 3.8) is 0 Å². The molecule has 0 radical (unpaired) electrons. The monoisotopic (exact) mass is 414 g/mol. The minimum Gasteiger partial charge on any atom is -0.454 e. The van der Waals surface area contributed by atoms with E-state index >= 15 is 0 Å². The molecule has 7 nitrogen and oxygen atoms in total. The minimum absolute atomic E-state index is 0.0603. The second-order valence-corrected chi connectivity index (χ2v) is 8.99. The average Bonchev–Trinajstić information content (AvgIpc) is 3.19. The molecular weight excluding hydrogens is 392 g/mol. The molecule has 4 rings (SSSR count). The van der Waals surface area contributed by atoms with Crippen molar-refractivity contribution in [1.29, 1.82) is 0 Å². The first-order valence-electron chi connectivity index (χ1n) is 9.41. The van der Waals surface area contributed by atoms with Gasteiger partial charge in [-0.05, 0) is 41.3 Å². The lowest BCUT2D eigenvalue weighted by molar-refractivity contribution is -0.116. The number of carbonyl (C=O) groups is 1. The summed E-state index contributed by atoms with van der Waals surface area (Å²) in [5.41, 5.74) is 3.03. The lowest BCUT2D eigenvalue weighted by atomic mass is 10.0. The van der Waals surface area contributed by atoms with Gasteiger partial charge in [-0.2, -0.15) is 4.31 Å². The van der Waals surface area contributed by atoms with E-state index in [2.05, 4.69) is 5.32 Å². The molecule has 0 aromatic heterocycles. The smallest absolute Gasteiger partial charge is 0.244 e. The Hall–Kier alpha value is -2.84. The van der Waals surface area contributed by atoms with Crippen LogP contribution in [0, 0.1) is 0 Å². The van der Waals surface area contributed by atoms with E-state index in [-0.39, 0.29) is 25.0 Å². The molecule has 0 saturated heterocycles. The van der Waals surface area contributed by atoms with Crippen LogP contribution in [-0.4, -0.2) is 44.3 Å². The van der Waals surface area contributed by atoms with Gasteiger partial charge in [-0.25, -0.2) is 8.42 Å². The largest absolute Gasteiger partial charge is 0.454 e. The predicted octanol–water partition coefficient (Wildman–Crippen LogP) is 1.93. The molecule has 0 atom stereocenters. The maximum Gasteiger partial charge on any atom is 0.244 e. The molecule has 29 heavy (non-hydrogen) atoms. The van der Waals surface area contributed by atoms with Crippen LogP contribution >= 0.6 is 0 Å². The molecule has 2 aromatic rings. The van der Waals surface area contributed by atoms with Crippen LogP contribution in [-0.2, 0) is 27.8 Å². The van der Waals surface area contributed by atoms with Gasteiger partial charge in [0, 0.05) is 25.7 Å². The van der Waals surface area contributed by atoms with Crippen molar-refractivity contribution in [2.24, 2.45) is 0 Å². The number of nitrogens with zero attached hydrogens (tertiary/aromatic N) is 1. The summed E-state index contributed by atoms with van der Waals surface area (Å²) in [5, 5.41) is 2.63. The standard InChI is InChI=1S/C21H22N2O5S/c24-21(8-6-16-5-7-19-20(13-16)28-15-27-19)22-10-12-29(25,26)23-11-9-17-3-1-2-4-18(17)14-23/h1-8,13H,9-12,14-15H2,(H,22,24). The van der Waals surface area contributed by atoms with Crippen LogP contribution in [0.4, 0.5) is 0 Å². The fraction of sp³-hybridized carbons (Fsp3) is 0.286. The van der Waals surface area contributed by atoms with Crippen LogP contribution in [0.1, 0.15) is 16.7 Å². The van der Waals surface area contributed by atoms with Crippen molar-refractivity contribution in [2.45, 2.75) is 13.0 Å². The summed E-state index contributed by atoms with van der Waals surface area (Å²) < 4.78 is 37.2. The number of carbonyl (C=O) groups excluding carboxylic acids is 1. The van der Waals surface area contributed by atoms with Crippen molar-refractivity contribution in [3.05, 3.63) is 65.2 Å². The van der Waals surface area contributed by atoms with Crippen molar-refractivity contribution in [3.8, 4) is 11.5 Å². The SMILES string of the molecule is O=C(C=Cc1ccc2c(c1)OCO2)NCCS(=O)(=O)N1CCc2ccccc2C1. The fourth-order valence-corrected chi connectivity index (χ4v) is 4.71. The third-order valence-electron chi connectivity index (χ3n) is 4.97. The number of hydrogen-bond acceptors (Lipinski definition) is 5. The number of ether oxygens (including phenoxy) is 2. The first-order valence-corrected chi connectivity index (χ1v) is 11.0. The number of nitrogens with one attached hydrogen (secondary N) is 1. The van der Waals surface area contributed by atoms with E-state index in [4.69, 9.17) is 9.47 Å². The van der Waals surface area contributed by atoms with Gasteiger partial charge in [0.05, 0.1) is 5.75 Å². The van der Waals surface area contributed by atoms with Crippen molar-refractivity contribution >= 4 is 22.0 Å². The van der Waals surface area contributed by atoms with Gasteiger partial charge in [-0.3, -0.25) is 4.79 Å². The highest BCUT2D eigenvalue weighted by atomic mass is 32.2. The molecule has 1 amide bonds. The van der Waals surface area contributed by atoms with Crippen LogP contribution in [0.3, 0.4) is 0 Å². The third kappa shape index (κ3) is 4.60. The molecule has 0 saturated carbocycles.